The summed E-state index contributed by atoms with van der Waals surface area (Å²) in [6.07, 6.45) is 1.60. The molecule has 0 saturated heterocycles. The molecular weight excluding hydrogens is 245 g/mol. The average Bonchev–Trinajstić information content (AvgIpc) is 2.53. The van der Waals surface area contributed by atoms with Crippen molar-refractivity contribution in [2.24, 2.45) is 0 Å². The Morgan fingerprint density at radius 1 is 1.40 bits per heavy atom. The van der Waals surface area contributed by atoms with Crippen LogP contribution in [-0.2, 0) is 12.8 Å². The SMILES string of the molecule is [2H]Cc1cc2nc(CC)c([N+]#[C-])c(N[B]C)c2cc1CC. The highest BCUT2D eigenvalue weighted by molar-refractivity contribution is 6.40. The Bertz CT molecular complexity index is 707. The Morgan fingerprint density at radius 3 is 2.75 bits per heavy atom. The highest BCUT2D eigenvalue weighted by atomic mass is 14.9. The lowest BCUT2D eigenvalue weighted by atomic mass is 9.95. The molecule has 0 amide bonds. The minimum atomic E-state index is 0.259. The quantitative estimate of drug-likeness (QED) is 0.659. The van der Waals surface area contributed by atoms with Crippen molar-refractivity contribution in [2.45, 2.75) is 40.4 Å². The first-order valence-electron chi connectivity index (χ1n) is 7.60. The second-order valence-corrected chi connectivity index (χ2v) is 4.67. The normalized spacial score (nSPS) is 11.0. The molecule has 3 nitrogen and oxygen atoms in total. The minimum absolute atomic E-state index is 0.259. The molecule has 20 heavy (non-hydrogen) atoms. The van der Waals surface area contributed by atoms with Gasteiger partial charge in [-0.05, 0) is 43.0 Å². The van der Waals surface area contributed by atoms with Gasteiger partial charge in [-0.25, -0.2) is 4.85 Å². The van der Waals surface area contributed by atoms with Crippen molar-refractivity contribution in [3.63, 3.8) is 0 Å². The van der Waals surface area contributed by atoms with Crippen molar-refractivity contribution in [1.82, 2.24) is 4.98 Å². The van der Waals surface area contributed by atoms with Crippen LogP contribution in [0.4, 0.5) is 11.4 Å². The van der Waals surface area contributed by atoms with Gasteiger partial charge in [-0.1, -0.05) is 20.7 Å². The fourth-order valence-corrected chi connectivity index (χ4v) is 2.43. The summed E-state index contributed by atoms with van der Waals surface area (Å²) in [6, 6.07) is 4.07. The van der Waals surface area contributed by atoms with E-state index in [4.69, 9.17) is 7.94 Å². The zero-order chi connectivity index (χ0) is 15.4. The van der Waals surface area contributed by atoms with Crippen molar-refractivity contribution >= 4 is 29.7 Å². The Hall–Kier alpha value is -2.02. The van der Waals surface area contributed by atoms with Crippen molar-refractivity contribution in [3.8, 4) is 0 Å². The number of hydrogen-bond donors (Lipinski definition) is 1. The van der Waals surface area contributed by atoms with Gasteiger partial charge >= 0.3 is 0 Å². The first-order chi connectivity index (χ1) is 10.2. The zero-order valence-corrected chi connectivity index (χ0v) is 12.2. The van der Waals surface area contributed by atoms with Gasteiger partial charge in [0.25, 0.3) is 0 Å². The highest BCUT2D eigenvalue weighted by Gasteiger charge is 2.15. The molecule has 0 bridgehead atoms. The summed E-state index contributed by atoms with van der Waals surface area (Å²) < 4.78 is 7.68. The lowest BCUT2D eigenvalue weighted by Gasteiger charge is -2.15. The summed E-state index contributed by atoms with van der Waals surface area (Å²) in [4.78, 5) is 8.32. The fourth-order valence-electron chi connectivity index (χ4n) is 2.43. The van der Waals surface area contributed by atoms with Crippen molar-refractivity contribution in [3.05, 3.63) is 40.4 Å². The van der Waals surface area contributed by atoms with E-state index in [0.29, 0.717) is 5.69 Å². The Labute approximate surface area is 122 Å². The minimum Gasteiger partial charge on any atom is -0.440 e. The number of anilines is 1. The number of nitrogens with one attached hydrogen (secondary N) is 1. The Morgan fingerprint density at radius 2 is 2.20 bits per heavy atom. The molecule has 1 heterocycles. The topological polar surface area (TPSA) is 29.3 Å². The third kappa shape index (κ3) is 2.36. The summed E-state index contributed by atoms with van der Waals surface area (Å²) in [6.45, 7) is 13.7. The van der Waals surface area contributed by atoms with Crippen molar-refractivity contribution < 1.29 is 1.37 Å². The van der Waals surface area contributed by atoms with Gasteiger partial charge in [0.2, 0.25) is 13.1 Å². The molecule has 1 aromatic heterocycles. The Balaban J connectivity index is 2.86. The van der Waals surface area contributed by atoms with Crippen LogP contribution in [0, 0.1) is 13.5 Å². The van der Waals surface area contributed by atoms with Gasteiger partial charge in [-0.15, -0.1) is 0 Å². The van der Waals surface area contributed by atoms with Crippen LogP contribution in [0.25, 0.3) is 15.7 Å². The van der Waals surface area contributed by atoms with Gasteiger partial charge in [0.05, 0.1) is 12.1 Å². The van der Waals surface area contributed by atoms with Crippen LogP contribution in [0.3, 0.4) is 0 Å². The first-order valence-corrected chi connectivity index (χ1v) is 6.89. The monoisotopic (exact) mass is 265 g/mol. The highest BCUT2D eigenvalue weighted by Crippen LogP contribution is 2.36. The van der Waals surface area contributed by atoms with Crippen LogP contribution < -0.4 is 5.23 Å². The first kappa shape index (κ1) is 13.0. The van der Waals surface area contributed by atoms with Gasteiger partial charge in [-0.2, -0.15) is 0 Å². The molecule has 0 aliphatic carbocycles. The van der Waals surface area contributed by atoms with E-state index in [1.807, 2.05) is 27.2 Å². The summed E-state index contributed by atoms with van der Waals surface area (Å²) in [5.74, 6) is 0. The lowest BCUT2D eigenvalue weighted by molar-refractivity contribution is 1.06. The number of rotatable bonds is 4. The van der Waals surface area contributed by atoms with E-state index >= 15 is 0 Å². The molecule has 101 valence electrons. The molecule has 0 aliphatic rings. The standard InChI is InChI=1S/C16H19BN3/c1-6-11-9-12-14(8-10(11)3)19-13(7-2)16(18-5)15(12)20-17-4/h8-9H,6-7H2,1-4H3,(H,19,20)/i3D. The third-order valence-corrected chi connectivity index (χ3v) is 3.47. The van der Waals surface area contributed by atoms with E-state index in [2.05, 4.69) is 28.0 Å². The second kappa shape index (κ2) is 5.96. The van der Waals surface area contributed by atoms with Crippen LogP contribution in [-0.4, -0.2) is 12.4 Å². The van der Waals surface area contributed by atoms with E-state index in [9.17, 15) is 0 Å². The predicted octanol–water partition coefficient (Wildman–Crippen LogP) is 4.30. The number of hydrogen-bond acceptors (Lipinski definition) is 2. The van der Waals surface area contributed by atoms with Crippen LogP contribution in [0.1, 0.15) is 32.0 Å². The number of pyridine rings is 1. The summed E-state index contributed by atoms with van der Waals surface area (Å²) in [7, 11) is 1.84. The molecule has 0 unspecified atom stereocenters. The van der Waals surface area contributed by atoms with Gasteiger partial charge in [0.15, 0.2) is 0 Å². The van der Waals surface area contributed by atoms with E-state index in [1.165, 1.54) is 0 Å². The average molecular weight is 265 g/mol. The van der Waals surface area contributed by atoms with Gasteiger partial charge in [0.1, 0.15) is 0 Å². The molecule has 0 atom stereocenters. The Kier molecular flexibility index (Phi) is 3.87. The molecule has 0 spiro atoms. The number of aromatic nitrogens is 1. The van der Waals surface area contributed by atoms with E-state index < -0.39 is 0 Å². The maximum absolute atomic E-state index is 7.68. The molecule has 2 rings (SSSR count). The molecule has 0 fully saturated rings. The molecule has 0 saturated carbocycles. The molecule has 0 aliphatic heterocycles. The molecule has 4 heteroatoms. The predicted molar refractivity (Wildman–Crippen MR) is 86.7 cm³/mol. The molecule has 2 aromatic rings. The van der Waals surface area contributed by atoms with Crippen LogP contribution in [0.15, 0.2) is 12.1 Å². The number of aryl methyl sites for hydroxylation is 3. The van der Waals surface area contributed by atoms with Gasteiger partial charge < -0.3 is 5.23 Å². The van der Waals surface area contributed by atoms with E-state index in [1.54, 1.807) is 0 Å². The maximum Gasteiger partial charge on any atom is 0.238 e. The van der Waals surface area contributed by atoms with E-state index in [0.717, 1.165) is 46.3 Å². The number of fused-ring (bicyclic) bond motifs is 1. The van der Waals surface area contributed by atoms with Gasteiger partial charge in [-0.3, -0.25) is 4.98 Å². The largest absolute Gasteiger partial charge is 0.440 e. The fraction of sp³-hybridized carbons (Fsp3) is 0.375. The number of benzene rings is 1. The maximum atomic E-state index is 7.68. The van der Waals surface area contributed by atoms with Crippen molar-refractivity contribution in [2.75, 3.05) is 5.23 Å². The zero-order valence-electron chi connectivity index (χ0n) is 13.2. The molecule has 1 aromatic carbocycles. The molecular formula is C16H19BN3. The van der Waals surface area contributed by atoms with Crippen LogP contribution in [0.5, 0.6) is 0 Å². The molecule has 1 radical (unpaired) electrons. The van der Waals surface area contributed by atoms with Crippen molar-refractivity contribution in [1.29, 1.82) is 0 Å². The third-order valence-electron chi connectivity index (χ3n) is 3.47. The summed E-state index contributed by atoms with van der Waals surface area (Å²) in [5, 5.41) is 4.17. The smallest absolute Gasteiger partial charge is 0.238 e. The number of nitrogens with zero attached hydrogens (tertiary/aromatic N) is 2. The van der Waals surface area contributed by atoms with Gasteiger partial charge in [0, 0.05) is 18.1 Å². The van der Waals surface area contributed by atoms with Crippen LogP contribution in [0.2, 0.25) is 6.82 Å². The second-order valence-electron chi connectivity index (χ2n) is 4.67. The van der Waals surface area contributed by atoms with E-state index in [-0.39, 0.29) is 6.90 Å². The summed E-state index contributed by atoms with van der Waals surface area (Å²) in [5.41, 5.74) is 5.27. The lowest BCUT2D eigenvalue weighted by Crippen LogP contribution is -2.04. The molecule has 1 N–H and O–H groups in total. The summed E-state index contributed by atoms with van der Waals surface area (Å²) >= 11 is 0. The van der Waals surface area contributed by atoms with Crippen LogP contribution >= 0.6 is 0 Å².